The number of hydrogen-bond donors (Lipinski definition) is 0. The summed E-state index contributed by atoms with van der Waals surface area (Å²) in [6, 6.07) is 142. The van der Waals surface area contributed by atoms with E-state index in [0.717, 1.165) is 156 Å². The second-order valence-corrected chi connectivity index (χ2v) is 37.3. The Hall–Kier alpha value is -17.2. The molecule has 4 aromatic heterocycles. The molecule has 0 fully saturated rings. The van der Waals surface area contributed by atoms with Crippen LogP contribution in [-0.2, 0) is 0 Å². The highest BCUT2D eigenvalue weighted by atomic mass is 16.3. The SMILES string of the molecule is Cc1cc(C)c(N(c2ccc3ccc4c(N(c5c(C)cc(C)cc5C)c5cc6ccccc6c6c5oc5ccccc56)ccc5ccc2c3c54)c2cc3ccccc3c3c2oc2ccccc23)c(C)c1.Cc1ccccc1N(c1ccc2ccc3c(N(c4ccccc4C)c4cccc5c4oc4ccc6ccccc6c45)ccc4ccc1c2c43)c1cccc2c1oc1ccc3ccccc3c12. The average molecular weight is 1750 g/mol. The number of para-hydroxylation sites is 6. The lowest BCUT2D eigenvalue weighted by Crippen LogP contribution is -2.15. The van der Waals surface area contributed by atoms with Crippen LogP contribution in [0.25, 0.3) is 195 Å². The van der Waals surface area contributed by atoms with Crippen LogP contribution >= 0.6 is 0 Å². The van der Waals surface area contributed by atoms with Crippen molar-refractivity contribution in [1.82, 2.24) is 0 Å². The number of rotatable bonds is 12. The standard InChI is InChI=1S/C66H48N2O2.C62H40N2O2/c1-37-31-39(3)63(40(4)32-37)67(55-35-45-15-7-9-17-47(45)61-51-19-11-13-21-57(51)69-65(55)61)53-29-25-43-24-28-50-54(30-26-44-23-27-49(53)59(43)60(44)50)68(64-41(5)33-38(2)34-42(64)6)56-36-46-16-8-10-18-48(46)62-52-20-12-14-22-58(52)70-66(56)62;1-37-13-3-9-21-49(37)63(53-23-11-19-47-59-43-17-7-5-15-39(43)29-35-55(59)65-61(47)53)51-33-27-41-26-32-46-52(34-28-42-25-31-45(51)57(41)58(42)46)64(50-22-10-4-14-38(50)2)54-24-12-20-48-60-44-18-8-6-16-40(44)30-36-56(60)66-62(48)54/h7-36H,1-6H3;3-36H,1-2H3. The Kier molecular flexibility index (Phi) is 17.4. The predicted octanol–water partition coefficient (Wildman–Crippen LogP) is 37.7. The van der Waals surface area contributed by atoms with Gasteiger partial charge in [0.2, 0.25) is 0 Å². The Morgan fingerprint density at radius 3 is 0.794 bits per heavy atom. The van der Waals surface area contributed by atoms with Gasteiger partial charge in [-0.15, -0.1) is 0 Å². The normalized spacial score (nSPS) is 12.1. The zero-order chi connectivity index (χ0) is 90.7. The molecule has 8 heteroatoms. The van der Waals surface area contributed by atoms with Crippen molar-refractivity contribution in [2.24, 2.45) is 0 Å². The summed E-state index contributed by atoms with van der Waals surface area (Å²) in [5.74, 6) is 0. The van der Waals surface area contributed by atoms with Crippen LogP contribution in [0.2, 0.25) is 0 Å². The number of aryl methyl sites for hydroxylation is 8. The van der Waals surface area contributed by atoms with Gasteiger partial charge >= 0.3 is 0 Å². The van der Waals surface area contributed by atoms with E-state index in [1.54, 1.807) is 0 Å². The number of furan rings is 4. The third-order valence-corrected chi connectivity index (χ3v) is 29.0. The summed E-state index contributed by atoms with van der Waals surface area (Å²) in [5, 5.41) is 32.8. The van der Waals surface area contributed by atoms with Crippen molar-refractivity contribution < 1.29 is 17.7 Å². The van der Waals surface area contributed by atoms with Crippen molar-refractivity contribution >= 4 is 264 Å². The van der Waals surface area contributed by atoms with Crippen molar-refractivity contribution in [2.45, 2.75) is 55.4 Å². The van der Waals surface area contributed by atoms with E-state index in [9.17, 15) is 0 Å². The maximum absolute atomic E-state index is 7.02. The van der Waals surface area contributed by atoms with Crippen molar-refractivity contribution in [3.8, 4) is 0 Å². The minimum atomic E-state index is 0.863. The molecule has 0 radical (unpaired) electrons. The van der Waals surface area contributed by atoms with E-state index in [-0.39, 0.29) is 0 Å². The molecule has 8 nitrogen and oxygen atoms in total. The molecule has 0 N–H and O–H groups in total. The van der Waals surface area contributed by atoms with Crippen LogP contribution in [0.4, 0.5) is 68.2 Å². The summed E-state index contributed by atoms with van der Waals surface area (Å²) in [6.07, 6.45) is 0. The lowest BCUT2D eigenvalue weighted by molar-refractivity contribution is 0.669. The first-order chi connectivity index (χ1) is 66.8. The second kappa shape index (κ2) is 30.2. The molecule has 28 rings (SSSR count). The summed E-state index contributed by atoms with van der Waals surface area (Å²) in [4.78, 5) is 9.82. The number of benzene rings is 24. The Balaban J connectivity index is 0.000000138. The molecule has 24 aromatic carbocycles. The first-order valence-electron chi connectivity index (χ1n) is 47.0. The molecule has 0 saturated heterocycles. The lowest BCUT2D eigenvalue weighted by atomic mass is 9.91. The van der Waals surface area contributed by atoms with Crippen molar-refractivity contribution in [3.05, 3.63) is 433 Å². The zero-order valence-electron chi connectivity index (χ0n) is 76.4. The number of nitrogens with zero attached hydrogens (tertiary/aromatic N) is 4. The molecule has 0 aliphatic rings. The first-order valence-corrected chi connectivity index (χ1v) is 47.0. The van der Waals surface area contributed by atoms with Gasteiger partial charge < -0.3 is 37.3 Å². The van der Waals surface area contributed by atoms with Crippen LogP contribution in [-0.4, -0.2) is 0 Å². The van der Waals surface area contributed by atoms with Crippen LogP contribution < -0.4 is 19.6 Å². The number of hydrogen-bond acceptors (Lipinski definition) is 8. The molecule has 0 spiro atoms. The fraction of sp³-hybridized carbons (Fsp3) is 0.0625. The van der Waals surface area contributed by atoms with Crippen LogP contribution in [0.1, 0.15) is 44.5 Å². The molecule has 0 bridgehead atoms. The minimum Gasteiger partial charge on any atom is -0.454 e. The van der Waals surface area contributed by atoms with Crippen molar-refractivity contribution in [2.75, 3.05) is 19.6 Å². The zero-order valence-corrected chi connectivity index (χ0v) is 76.4. The van der Waals surface area contributed by atoms with Crippen LogP contribution in [0.3, 0.4) is 0 Å². The molecule has 644 valence electrons. The van der Waals surface area contributed by atoms with Crippen molar-refractivity contribution in [3.63, 3.8) is 0 Å². The highest BCUT2D eigenvalue weighted by Crippen LogP contribution is 2.58. The van der Waals surface area contributed by atoms with E-state index in [2.05, 4.69) is 463 Å². The maximum Gasteiger partial charge on any atom is 0.160 e. The first kappa shape index (κ1) is 78.6. The molecule has 28 aromatic rings. The number of fused-ring (bicyclic) bond motifs is 20. The van der Waals surface area contributed by atoms with Crippen molar-refractivity contribution in [1.29, 1.82) is 0 Å². The van der Waals surface area contributed by atoms with E-state index in [1.807, 2.05) is 0 Å². The molecule has 0 atom stereocenters. The van der Waals surface area contributed by atoms with Gasteiger partial charge in [-0.2, -0.15) is 0 Å². The summed E-state index contributed by atoms with van der Waals surface area (Å²) in [5.41, 5.74) is 29.5. The molecule has 0 saturated carbocycles. The highest BCUT2D eigenvalue weighted by Gasteiger charge is 2.33. The lowest BCUT2D eigenvalue weighted by Gasteiger charge is -2.32. The maximum atomic E-state index is 7.02. The van der Waals surface area contributed by atoms with E-state index in [4.69, 9.17) is 17.7 Å². The molecular weight excluding hydrogens is 1660 g/mol. The Bertz CT molecular complexity index is 9320. The Labute approximate surface area is 783 Å². The largest absolute Gasteiger partial charge is 0.454 e. The molecule has 0 amide bonds. The van der Waals surface area contributed by atoms with Gasteiger partial charge in [0.1, 0.15) is 22.3 Å². The summed E-state index contributed by atoms with van der Waals surface area (Å²) in [7, 11) is 0. The quantitative estimate of drug-likeness (QED) is 0.112. The molecule has 0 unspecified atom stereocenters. The van der Waals surface area contributed by atoms with Gasteiger partial charge in [-0.1, -0.05) is 314 Å². The Morgan fingerprint density at radius 2 is 0.426 bits per heavy atom. The van der Waals surface area contributed by atoms with Gasteiger partial charge in [0.25, 0.3) is 0 Å². The summed E-state index contributed by atoms with van der Waals surface area (Å²) in [6.45, 7) is 17.8. The summed E-state index contributed by atoms with van der Waals surface area (Å²) < 4.78 is 27.9. The fourth-order valence-corrected chi connectivity index (χ4v) is 23.4. The molecule has 0 aliphatic heterocycles. The van der Waals surface area contributed by atoms with Gasteiger partial charge in [-0.05, 0) is 260 Å². The van der Waals surface area contributed by atoms with Gasteiger partial charge in [-0.25, -0.2) is 0 Å². The molecular formula is C128H88N4O4. The predicted molar refractivity (Wildman–Crippen MR) is 576 cm³/mol. The van der Waals surface area contributed by atoms with Gasteiger partial charge in [0, 0.05) is 76.0 Å². The van der Waals surface area contributed by atoms with E-state index < -0.39 is 0 Å². The average Bonchev–Trinajstić information content (AvgIpc) is 0.915. The van der Waals surface area contributed by atoms with Gasteiger partial charge in [-0.3, -0.25) is 0 Å². The fourth-order valence-electron chi connectivity index (χ4n) is 23.4. The minimum absolute atomic E-state index is 0.863. The molecule has 0 aliphatic carbocycles. The third-order valence-electron chi connectivity index (χ3n) is 29.0. The monoisotopic (exact) mass is 1740 g/mol. The van der Waals surface area contributed by atoms with Crippen LogP contribution in [0, 0.1) is 55.4 Å². The third kappa shape index (κ3) is 11.8. The van der Waals surface area contributed by atoms with E-state index in [0.29, 0.717) is 0 Å². The topological polar surface area (TPSA) is 65.5 Å². The highest BCUT2D eigenvalue weighted by molar-refractivity contribution is 6.33. The number of anilines is 12. The molecule has 4 heterocycles. The Morgan fingerprint density at radius 1 is 0.147 bits per heavy atom. The van der Waals surface area contributed by atoms with Crippen LogP contribution in [0.15, 0.2) is 406 Å². The van der Waals surface area contributed by atoms with Crippen LogP contribution in [0.5, 0.6) is 0 Å². The van der Waals surface area contributed by atoms with Gasteiger partial charge in [0.15, 0.2) is 22.3 Å². The second-order valence-electron chi connectivity index (χ2n) is 37.3. The summed E-state index contributed by atoms with van der Waals surface area (Å²) >= 11 is 0. The smallest absolute Gasteiger partial charge is 0.160 e. The van der Waals surface area contributed by atoms with E-state index in [1.165, 1.54) is 152 Å². The van der Waals surface area contributed by atoms with Gasteiger partial charge in [0.05, 0.1) is 56.9 Å². The van der Waals surface area contributed by atoms with E-state index >= 15 is 0 Å². The molecule has 136 heavy (non-hydrogen) atoms.